The van der Waals surface area contributed by atoms with Crippen LogP contribution in [-0.2, 0) is 11.2 Å². The summed E-state index contributed by atoms with van der Waals surface area (Å²) >= 11 is 0. The summed E-state index contributed by atoms with van der Waals surface area (Å²) in [5.74, 6) is 0.717. The van der Waals surface area contributed by atoms with E-state index < -0.39 is 6.09 Å². The SMILES string of the molecule is CCN(CC)CC(OC(N)=O)C(C)CCc1cccc(N)n1. The molecule has 0 radical (unpaired) electrons. The minimum absolute atomic E-state index is 0.191. The van der Waals surface area contributed by atoms with E-state index in [9.17, 15) is 4.79 Å². The number of carbonyl (C=O) groups is 1. The summed E-state index contributed by atoms with van der Waals surface area (Å²) in [5.41, 5.74) is 11.8. The Hall–Kier alpha value is -1.82. The Morgan fingerprint density at radius 1 is 1.36 bits per heavy atom. The van der Waals surface area contributed by atoms with Crippen LogP contribution in [0.3, 0.4) is 0 Å². The first-order chi connectivity index (χ1) is 10.5. The maximum absolute atomic E-state index is 11.1. The third-order valence-electron chi connectivity index (χ3n) is 3.92. The molecule has 0 aliphatic rings. The van der Waals surface area contributed by atoms with E-state index in [1.54, 1.807) is 6.07 Å². The number of ether oxygens (including phenoxy) is 1. The number of amides is 1. The Bertz CT molecular complexity index is 463. The van der Waals surface area contributed by atoms with Crippen molar-refractivity contribution in [3.05, 3.63) is 23.9 Å². The molecule has 0 bridgehead atoms. The number of rotatable bonds is 9. The molecular formula is C16H28N4O2. The predicted molar refractivity (Wildman–Crippen MR) is 88.4 cm³/mol. The van der Waals surface area contributed by atoms with Crippen molar-refractivity contribution in [1.82, 2.24) is 9.88 Å². The minimum atomic E-state index is -0.717. The molecule has 2 atom stereocenters. The van der Waals surface area contributed by atoms with Crippen molar-refractivity contribution in [2.45, 2.75) is 39.7 Å². The van der Waals surface area contributed by atoms with E-state index >= 15 is 0 Å². The zero-order chi connectivity index (χ0) is 16.5. The van der Waals surface area contributed by atoms with Gasteiger partial charge in [0.05, 0.1) is 0 Å². The van der Waals surface area contributed by atoms with E-state index in [-0.39, 0.29) is 12.0 Å². The number of likely N-dealkylation sites (N-methyl/N-ethyl adjacent to an activating group) is 1. The number of nitrogens with zero attached hydrogens (tertiary/aromatic N) is 2. The van der Waals surface area contributed by atoms with Gasteiger partial charge in [-0.2, -0.15) is 0 Å². The monoisotopic (exact) mass is 308 g/mol. The van der Waals surface area contributed by atoms with Crippen LogP contribution in [0.15, 0.2) is 18.2 Å². The van der Waals surface area contributed by atoms with Gasteiger partial charge in [0.1, 0.15) is 11.9 Å². The minimum Gasteiger partial charge on any atom is -0.445 e. The van der Waals surface area contributed by atoms with Gasteiger partial charge >= 0.3 is 6.09 Å². The number of primary amides is 1. The first kappa shape index (κ1) is 18.2. The van der Waals surface area contributed by atoms with Gasteiger partial charge in [-0.25, -0.2) is 9.78 Å². The molecule has 1 heterocycles. The maximum Gasteiger partial charge on any atom is 0.404 e. The number of carbonyl (C=O) groups excluding carboxylic acids is 1. The third-order valence-corrected chi connectivity index (χ3v) is 3.92. The maximum atomic E-state index is 11.1. The van der Waals surface area contributed by atoms with Crippen molar-refractivity contribution >= 4 is 11.9 Å². The van der Waals surface area contributed by atoms with Gasteiger partial charge in [0.25, 0.3) is 0 Å². The van der Waals surface area contributed by atoms with Crippen LogP contribution in [-0.4, -0.2) is 41.7 Å². The number of aryl methyl sites for hydroxylation is 1. The number of hydrogen-bond donors (Lipinski definition) is 2. The second-order valence-electron chi connectivity index (χ2n) is 5.53. The smallest absolute Gasteiger partial charge is 0.404 e. The fraction of sp³-hybridized carbons (Fsp3) is 0.625. The summed E-state index contributed by atoms with van der Waals surface area (Å²) in [7, 11) is 0. The first-order valence-electron chi connectivity index (χ1n) is 7.86. The molecule has 6 heteroatoms. The van der Waals surface area contributed by atoms with Gasteiger partial charge in [0.15, 0.2) is 0 Å². The Morgan fingerprint density at radius 3 is 2.59 bits per heavy atom. The molecule has 0 aromatic carbocycles. The van der Waals surface area contributed by atoms with Crippen LogP contribution in [0.1, 0.15) is 32.9 Å². The highest BCUT2D eigenvalue weighted by Gasteiger charge is 2.22. The number of anilines is 1. The first-order valence-corrected chi connectivity index (χ1v) is 7.86. The summed E-state index contributed by atoms with van der Waals surface area (Å²) in [6.07, 6.45) is 0.725. The van der Waals surface area contributed by atoms with Crippen LogP contribution in [0, 0.1) is 5.92 Å². The van der Waals surface area contributed by atoms with Crippen LogP contribution in [0.25, 0.3) is 0 Å². The lowest BCUT2D eigenvalue weighted by Gasteiger charge is -2.29. The zero-order valence-electron chi connectivity index (χ0n) is 13.8. The largest absolute Gasteiger partial charge is 0.445 e. The number of nitrogen functional groups attached to an aromatic ring is 1. The summed E-state index contributed by atoms with van der Waals surface area (Å²) in [5, 5.41) is 0. The second kappa shape index (κ2) is 9.25. The summed E-state index contributed by atoms with van der Waals surface area (Å²) in [6, 6.07) is 5.62. The number of aromatic nitrogens is 1. The quantitative estimate of drug-likeness (QED) is 0.728. The van der Waals surface area contributed by atoms with Crippen molar-refractivity contribution in [3.8, 4) is 0 Å². The van der Waals surface area contributed by atoms with E-state index in [1.165, 1.54) is 0 Å². The molecule has 1 aromatic rings. The van der Waals surface area contributed by atoms with Gasteiger partial charge < -0.3 is 21.1 Å². The van der Waals surface area contributed by atoms with Gasteiger partial charge in [0.2, 0.25) is 0 Å². The molecule has 1 aromatic heterocycles. The van der Waals surface area contributed by atoms with Crippen LogP contribution >= 0.6 is 0 Å². The van der Waals surface area contributed by atoms with Crippen LogP contribution in [0.2, 0.25) is 0 Å². The van der Waals surface area contributed by atoms with E-state index in [2.05, 4.69) is 30.7 Å². The van der Waals surface area contributed by atoms with Crippen LogP contribution < -0.4 is 11.5 Å². The van der Waals surface area contributed by atoms with Crippen molar-refractivity contribution in [1.29, 1.82) is 0 Å². The Labute approximate surface area is 132 Å². The highest BCUT2D eigenvalue weighted by molar-refractivity contribution is 5.64. The predicted octanol–water partition coefficient (Wildman–Crippen LogP) is 2.04. The zero-order valence-corrected chi connectivity index (χ0v) is 13.8. The van der Waals surface area contributed by atoms with Crippen molar-refractivity contribution in [2.24, 2.45) is 11.7 Å². The molecule has 1 amide bonds. The molecule has 2 unspecified atom stereocenters. The van der Waals surface area contributed by atoms with Crippen molar-refractivity contribution < 1.29 is 9.53 Å². The molecule has 6 nitrogen and oxygen atoms in total. The third kappa shape index (κ3) is 6.30. The van der Waals surface area contributed by atoms with E-state index in [1.807, 2.05) is 12.1 Å². The fourth-order valence-corrected chi connectivity index (χ4v) is 2.42. The Morgan fingerprint density at radius 2 is 2.05 bits per heavy atom. The molecule has 0 saturated heterocycles. The normalized spacial score (nSPS) is 13.8. The van der Waals surface area contributed by atoms with E-state index in [0.29, 0.717) is 12.4 Å². The van der Waals surface area contributed by atoms with Gasteiger partial charge in [0, 0.05) is 12.2 Å². The Kier molecular flexibility index (Phi) is 7.66. The van der Waals surface area contributed by atoms with Crippen LogP contribution in [0.5, 0.6) is 0 Å². The molecule has 1 rings (SSSR count). The Balaban J connectivity index is 2.62. The number of hydrogen-bond acceptors (Lipinski definition) is 5. The molecule has 0 spiro atoms. The molecule has 22 heavy (non-hydrogen) atoms. The van der Waals surface area contributed by atoms with Gasteiger partial charge in [-0.15, -0.1) is 0 Å². The standard InChI is InChI=1S/C16H28N4O2/c1-4-20(5-2)11-14(22-16(18)21)12(3)9-10-13-7-6-8-15(17)19-13/h6-8,12,14H,4-5,9-11H2,1-3H3,(H2,17,19)(H2,18,21). The van der Waals surface area contributed by atoms with E-state index in [0.717, 1.165) is 31.6 Å². The molecular weight excluding hydrogens is 280 g/mol. The fourth-order valence-electron chi connectivity index (χ4n) is 2.42. The van der Waals surface area contributed by atoms with Gasteiger partial charge in [-0.05, 0) is 44.0 Å². The lowest BCUT2D eigenvalue weighted by molar-refractivity contribution is 0.0447. The highest BCUT2D eigenvalue weighted by Crippen LogP contribution is 2.17. The average molecular weight is 308 g/mol. The van der Waals surface area contributed by atoms with Gasteiger partial charge in [-0.1, -0.05) is 26.8 Å². The van der Waals surface area contributed by atoms with Crippen LogP contribution in [0.4, 0.5) is 10.6 Å². The van der Waals surface area contributed by atoms with Crippen molar-refractivity contribution in [2.75, 3.05) is 25.4 Å². The molecule has 0 aliphatic carbocycles. The molecule has 4 N–H and O–H groups in total. The second-order valence-corrected chi connectivity index (χ2v) is 5.53. The number of nitrogens with two attached hydrogens (primary N) is 2. The summed E-state index contributed by atoms with van der Waals surface area (Å²) in [4.78, 5) is 17.7. The topological polar surface area (TPSA) is 94.5 Å². The lowest BCUT2D eigenvalue weighted by Crippen LogP contribution is -2.40. The number of pyridine rings is 1. The highest BCUT2D eigenvalue weighted by atomic mass is 16.6. The van der Waals surface area contributed by atoms with Crippen molar-refractivity contribution in [3.63, 3.8) is 0 Å². The summed E-state index contributed by atoms with van der Waals surface area (Å²) < 4.78 is 5.31. The van der Waals surface area contributed by atoms with Gasteiger partial charge in [-0.3, -0.25) is 0 Å². The molecule has 0 saturated carbocycles. The molecule has 0 aliphatic heterocycles. The molecule has 0 fully saturated rings. The molecule has 124 valence electrons. The lowest BCUT2D eigenvalue weighted by atomic mass is 9.97. The average Bonchev–Trinajstić information content (AvgIpc) is 2.48. The van der Waals surface area contributed by atoms with E-state index in [4.69, 9.17) is 16.2 Å². The summed E-state index contributed by atoms with van der Waals surface area (Å²) in [6.45, 7) is 8.78.